The van der Waals surface area contributed by atoms with Crippen molar-refractivity contribution in [1.82, 2.24) is 0 Å². The molecular formula is C19H19F3. The lowest BCUT2D eigenvalue weighted by Crippen LogP contribution is -2.05. The van der Waals surface area contributed by atoms with Gasteiger partial charge in [-0.15, -0.1) is 0 Å². The minimum atomic E-state index is -4.25. The van der Waals surface area contributed by atoms with Crippen LogP contribution in [0.15, 0.2) is 72.3 Å². The molecule has 0 N–H and O–H groups in total. The van der Waals surface area contributed by atoms with Gasteiger partial charge in [-0.2, -0.15) is 13.2 Å². The van der Waals surface area contributed by atoms with Crippen molar-refractivity contribution in [3.63, 3.8) is 0 Å². The molecule has 2 aromatic carbocycles. The van der Waals surface area contributed by atoms with Gasteiger partial charge < -0.3 is 0 Å². The second-order valence-corrected chi connectivity index (χ2v) is 5.32. The van der Waals surface area contributed by atoms with E-state index < -0.39 is 6.18 Å². The largest absolute Gasteiger partial charge is 0.409 e. The Balaban J connectivity index is 1.99. The molecule has 0 spiro atoms. The van der Waals surface area contributed by atoms with Crippen molar-refractivity contribution in [2.45, 2.75) is 31.9 Å². The van der Waals surface area contributed by atoms with Crippen molar-refractivity contribution in [1.29, 1.82) is 0 Å². The van der Waals surface area contributed by atoms with Crippen LogP contribution in [0.1, 0.15) is 24.0 Å². The van der Waals surface area contributed by atoms with Gasteiger partial charge in [-0.3, -0.25) is 0 Å². The Bertz CT molecular complexity index is 538. The van der Waals surface area contributed by atoms with Gasteiger partial charge in [0.2, 0.25) is 0 Å². The standard InChI is InChI=1S/C19H19F3/c20-19(21,22)15-18(13-11-16-7-3-1-4-8-16)14-12-17-9-5-2-6-10-17/h1-10,15H,11-14H2. The fourth-order valence-corrected chi connectivity index (χ4v) is 2.40. The van der Waals surface area contributed by atoms with Crippen molar-refractivity contribution in [2.24, 2.45) is 0 Å². The van der Waals surface area contributed by atoms with E-state index >= 15 is 0 Å². The third-order valence-corrected chi connectivity index (χ3v) is 3.52. The van der Waals surface area contributed by atoms with E-state index in [1.807, 2.05) is 60.7 Å². The zero-order valence-corrected chi connectivity index (χ0v) is 12.3. The van der Waals surface area contributed by atoms with Gasteiger partial charge >= 0.3 is 6.18 Å². The third kappa shape index (κ3) is 6.17. The summed E-state index contributed by atoms with van der Waals surface area (Å²) in [6.07, 6.45) is -1.62. The van der Waals surface area contributed by atoms with Crippen LogP contribution in [-0.4, -0.2) is 6.18 Å². The van der Waals surface area contributed by atoms with E-state index in [0.717, 1.165) is 11.1 Å². The molecule has 0 aliphatic rings. The normalized spacial score (nSPS) is 11.2. The van der Waals surface area contributed by atoms with Gasteiger partial charge in [0.15, 0.2) is 0 Å². The van der Waals surface area contributed by atoms with Crippen molar-refractivity contribution in [2.75, 3.05) is 0 Å². The predicted molar refractivity (Wildman–Crippen MR) is 83.7 cm³/mol. The molecule has 0 bridgehead atoms. The molecule has 22 heavy (non-hydrogen) atoms. The van der Waals surface area contributed by atoms with Crippen LogP contribution in [-0.2, 0) is 12.8 Å². The maximum atomic E-state index is 12.7. The van der Waals surface area contributed by atoms with Gasteiger partial charge in [0.1, 0.15) is 0 Å². The summed E-state index contributed by atoms with van der Waals surface area (Å²) in [7, 11) is 0. The molecule has 0 aliphatic carbocycles. The van der Waals surface area contributed by atoms with Crippen LogP contribution in [0.2, 0.25) is 0 Å². The van der Waals surface area contributed by atoms with Crippen LogP contribution in [0.25, 0.3) is 0 Å². The molecule has 2 aromatic rings. The Morgan fingerprint density at radius 1 is 0.727 bits per heavy atom. The summed E-state index contributed by atoms with van der Waals surface area (Å²) in [6, 6.07) is 19.2. The van der Waals surface area contributed by atoms with Gasteiger partial charge in [-0.25, -0.2) is 0 Å². The van der Waals surface area contributed by atoms with Crippen molar-refractivity contribution in [3.05, 3.63) is 83.4 Å². The molecule has 0 heterocycles. The Kier molecular flexibility index (Phi) is 5.82. The molecule has 2 rings (SSSR count). The molecule has 0 aromatic heterocycles. The highest BCUT2D eigenvalue weighted by Crippen LogP contribution is 2.24. The average molecular weight is 304 g/mol. The molecule has 0 saturated heterocycles. The summed E-state index contributed by atoms with van der Waals surface area (Å²) < 4.78 is 38.0. The lowest BCUT2D eigenvalue weighted by molar-refractivity contribution is -0.0807. The van der Waals surface area contributed by atoms with E-state index in [-0.39, 0.29) is 0 Å². The van der Waals surface area contributed by atoms with Crippen molar-refractivity contribution >= 4 is 0 Å². The number of hydrogen-bond acceptors (Lipinski definition) is 0. The Hall–Kier alpha value is -2.03. The summed E-state index contributed by atoms with van der Waals surface area (Å²) in [5.74, 6) is 0. The summed E-state index contributed by atoms with van der Waals surface area (Å²) in [6.45, 7) is 0. The zero-order valence-electron chi connectivity index (χ0n) is 12.3. The fraction of sp³-hybridized carbons (Fsp3) is 0.263. The highest BCUT2D eigenvalue weighted by atomic mass is 19.4. The van der Waals surface area contributed by atoms with Crippen LogP contribution >= 0.6 is 0 Å². The lowest BCUT2D eigenvalue weighted by Gasteiger charge is -2.10. The average Bonchev–Trinajstić information content (AvgIpc) is 2.51. The SMILES string of the molecule is FC(F)(F)C=C(CCc1ccccc1)CCc1ccccc1. The highest BCUT2D eigenvalue weighted by Gasteiger charge is 2.24. The number of alkyl halides is 3. The molecule has 0 amide bonds. The third-order valence-electron chi connectivity index (χ3n) is 3.52. The summed E-state index contributed by atoms with van der Waals surface area (Å²) in [4.78, 5) is 0. The summed E-state index contributed by atoms with van der Waals surface area (Å²) in [5.41, 5.74) is 2.59. The van der Waals surface area contributed by atoms with Crippen LogP contribution in [0.3, 0.4) is 0 Å². The number of hydrogen-bond donors (Lipinski definition) is 0. The predicted octanol–water partition coefficient (Wildman–Crippen LogP) is 5.74. The number of benzene rings is 2. The number of aryl methyl sites for hydroxylation is 2. The summed E-state index contributed by atoms with van der Waals surface area (Å²) >= 11 is 0. The first kappa shape index (κ1) is 16.3. The number of halogens is 3. The van der Waals surface area contributed by atoms with Gasteiger partial charge in [0.25, 0.3) is 0 Å². The number of rotatable bonds is 6. The molecular weight excluding hydrogens is 285 g/mol. The first-order valence-corrected chi connectivity index (χ1v) is 7.38. The molecule has 0 aliphatic heterocycles. The Morgan fingerprint density at radius 2 is 1.14 bits per heavy atom. The first-order valence-electron chi connectivity index (χ1n) is 7.38. The molecule has 3 heteroatoms. The summed E-state index contributed by atoms with van der Waals surface area (Å²) in [5, 5.41) is 0. The van der Waals surface area contributed by atoms with Gasteiger partial charge in [0.05, 0.1) is 0 Å². The zero-order chi connectivity index (χ0) is 15.8. The van der Waals surface area contributed by atoms with Crippen molar-refractivity contribution < 1.29 is 13.2 Å². The fourth-order valence-electron chi connectivity index (χ4n) is 2.40. The van der Waals surface area contributed by atoms with Crippen LogP contribution in [0.4, 0.5) is 13.2 Å². The maximum absolute atomic E-state index is 12.7. The second-order valence-electron chi connectivity index (χ2n) is 5.32. The van der Waals surface area contributed by atoms with E-state index in [1.54, 1.807) is 0 Å². The molecule has 0 fully saturated rings. The van der Waals surface area contributed by atoms with Gasteiger partial charge in [-0.05, 0) is 36.8 Å². The van der Waals surface area contributed by atoms with Gasteiger partial charge in [0, 0.05) is 6.08 Å². The Morgan fingerprint density at radius 3 is 1.50 bits per heavy atom. The van der Waals surface area contributed by atoms with Crippen LogP contribution in [0, 0.1) is 0 Å². The molecule has 0 unspecified atom stereocenters. The monoisotopic (exact) mass is 304 g/mol. The van der Waals surface area contributed by atoms with E-state index in [0.29, 0.717) is 37.3 Å². The smallest absolute Gasteiger partial charge is 0.167 e. The van der Waals surface area contributed by atoms with E-state index in [2.05, 4.69) is 0 Å². The molecule has 0 saturated carbocycles. The molecule has 0 atom stereocenters. The van der Waals surface area contributed by atoms with Crippen LogP contribution in [0.5, 0.6) is 0 Å². The lowest BCUT2D eigenvalue weighted by atomic mass is 9.98. The second kappa shape index (κ2) is 7.83. The number of allylic oxidation sites excluding steroid dienone is 2. The maximum Gasteiger partial charge on any atom is 0.409 e. The molecule has 0 radical (unpaired) electrons. The van der Waals surface area contributed by atoms with Gasteiger partial charge in [-0.1, -0.05) is 66.2 Å². The van der Waals surface area contributed by atoms with Crippen LogP contribution < -0.4 is 0 Å². The molecule has 0 nitrogen and oxygen atoms in total. The molecule has 116 valence electrons. The van der Waals surface area contributed by atoms with E-state index in [4.69, 9.17) is 0 Å². The minimum absolute atomic E-state index is 0.441. The quantitative estimate of drug-likeness (QED) is 0.597. The van der Waals surface area contributed by atoms with Crippen molar-refractivity contribution in [3.8, 4) is 0 Å². The topological polar surface area (TPSA) is 0 Å². The van der Waals surface area contributed by atoms with E-state index in [1.165, 1.54) is 0 Å². The van der Waals surface area contributed by atoms with E-state index in [9.17, 15) is 13.2 Å². The first-order chi connectivity index (χ1) is 10.5. The Labute approximate surface area is 129 Å². The highest BCUT2D eigenvalue weighted by molar-refractivity contribution is 5.20. The minimum Gasteiger partial charge on any atom is -0.167 e.